The molecule has 0 atom stereocenters. The monoisotopic (exact) mass is 275 g/mol. The van der Waals surface area contributed by atoms with Gasteiger partial charge in [0.25, 0.3) is 0 Å². The fourth-order valence-corrected chi connectivity index (χ4v) is 3.33. The topological polar surface area (TPSA) is 21.3 Å². The Morgan fingerprint density at radius 1 is 1.20 bits per heavy atom. The molecule has 1 N–H and O–H groups in total. The number of hydrogen-bond acceptors (Lipinski definition) is 2. The van der Waals surface area contributed by atoms with E-state index in [0.717, 1.165) is 37.3 Å². The predicted octanol–water partition coefficient (Wildman–Crippen LogP) is 4.00. The molecule has 112 valence electrons. The summed E-state index contributed by atoms with van der Waals surface area (Å²) in [6, 6.07) is 8.77. The van der Waals surface area contributed by atoms with E-state index in [0.29, 0.717) is 5.41 Å². The summed E-state index contributed by atoms with van der Waals surface area (Å²) in [6.45, 7) is 11.8. The fraction of sp³-hybridized carbons (Fsp3) is 0.667. The number of likely N-dealkylation sites (N-methyl/N-ethyl adjacent to an activating group) is 1. The highest BCUT2D eigenvalue weighted by molar-refractivity contribution is 5.35. The van der Waals surface area contributed by atoms with Gasteiger partial charge in [0.05, 0.1) is 6.61 Å². The van der Waals surface area contributed by atoms with Crippen molar-refractivity contribution in [3.05, 3.63) is 29.8 Å². The van der Waals surface area contributed by atoms with E-state index in [2.05, 4.69) is 50.4 Å². The quantitative estimate of drug-likeness (QED) is 0.812. The van der Waals surface area contributed by atoms with Crippen LogP contribution < -0.4 is 10.1 Å². The van der Waals surface area contributed by atoms with Crippen LogP contribution in [0.2, 0.25) is 0 Å². The van der Waals surface area contributed by atoms with Gasteiger partial charge in [0.15, 0.2) is 0 Å². The van der Waals surface area contributed by atoms with E-state index in [1.807, 2.05) is 6.92 Å². The van der Waals surface area contributed by atoms with E-state index >= 15 is 0 Å². The lowest BCUT2D eigenvalue weighted by Gasteiger charge is -2.50. The Balaban J connectivity index is 2.11. The zero-order valence-electron chi connectivity index (χ0n) is 13.4. The first kappa shape index (κ1) is 15.4. The van der Waals surface area contributed by atoms with Crippen molar-refractivity contribution in [3.63, 3.8) is 0 Å². The highest BCUT2D eigenvalue weighted by Crippen LogP contribution is 2.50. The lowest BCUT2D eigenvalue weighted by atomic mass is 9.56. The molecule has 0 bridgehead atoms. The van der Waals surface area contributed by atoms with E-state index in [1.165, 1.54) is 18.4 Å². The number of rotatable bonds is 7. The van der Waals surface area contributed by atoms with Crippen LogP contribution in [0.4, 0.5) is 0 Å². The molecule has 1 fully saturated rings. The molecule has 1 saturated carbocycles. The smallest absolute Gasteiger partial charge is 0.119 e. The second kappa shape index (κ2) is 6.62. The van der Waals surface area contributed by atoms with Crippen LogP contribution in [0.5, 0.6) is 5.75 Å². The van der Waals surface area contributed by atoms with E-state index in [1.54, 1.807) is 0 Å². The minimum absolute atomic E-state index is 0.343. The molecule has 0 aromatic heterocycles. The summed E-state index contributed by atoms with van der Waals surface area (Å²) >= 11 is 0. The standard InChI is InChI=1S/C18H29NO/c1-5-19-13-18(11-15(12-18)14(3)4)16-7-9-17(10-8-16)20-6-2/h7-10,14-15,19H,5-6,11-13H2,1-4H3. The normalized spacial score (nSPS) is 25.6. The molecule has 0 spiro atoms. The van der Waals surface area contributed by atoms with Gasteiger partial charge in [-0.05, 0) is 55.8 Å². The second-order valence-corrected chi connectivity index (χ2v) is 6.43. The number of benzene rings is 1. The largest absolute Gasteiger partial charge is 0.494 e. The van der Waals surface area contributed by atoms with Crippen LogP contribution >= 0.6 is 0 Å². The van der Waals surface area contributed by atoms with Crippen LogP contribution in [0.25, 0.3) is 0 Å². The summed E-state index contributed by atoms with van der Waals surface area (Å²) in [4.78, 5) is 0. The van der Waals surface area contributed by atoms with Crippen LogP contribution in [-0.2, 0) is 5.41 Å². The molecular weight excluding hydrogens is 246 g/mol. The molecule has 1 aliphatic carbocycles. The third kappa shape index (κ3) is 3.17. The predicted molar refractivity (Wildman–Crippen MR) is 85.4 cm³/mol. The van der Waals surface area contributed by atoms with Crippen LogP contribution in [-0.4, -0.2) is 19.7 Å². The molecule has 2 rings (SSSR count). The van der Waals surface area contributed by atoms with Gasteiger partial charge in [-0.25, -0.2) is 0 Å². The molecule has 2 nitrogen and oxygen atoms in total. The number of ether oxygens (including phenoxy) is 1. The van der Waals surface area contributed by atoms with Crippen LogP contribution in [0, 0.1) is 11.8 Å². The average molecular weight is 275 g/mol. The summed E-state index contributed by atoms with van der Waals surface area (Å²) in [5.41, 5.74) is 1.81. The van der Waals surface area contributed by atoms with Gasteiger partial charge in [-0.1, -0.05) is 32.9 Å². The molecule has 1 aliphatic rings. The molecule has 0 aliphatic heterocycles. The van der Waals surface area contributed by atoms with Crippen LogP contribution in [0.1, 0.15) is 46.1 Å². The average Bonchev–Trinajstić information content (AvgIpc) is 2.39. The van der Waals surface area contributed by atoms with Crippen LogP contribution in [0.3, 0.4) is 0 Å². The van der Waals surface area contributed by atoms with Gasteiger partial charge >= 0.3 is 0 Å². The van der Waals surface area contributed by atoms with Gasteiger partial charge < -0.3 is 10.1 Å². The molecule has 0 amide bonds. The summed E-state index contributed by atoms with van der Waals surface area (Å²) < 4.78 is 5.55. The van der Waals surface area contributed by atoms with Crippen molar-refractivity contribution in [1.29, 1.82) is 0 Å². The zero-order valence-corrected chi connectivity index (χ0v) is 13.4. The Bertz CT molecular complexity index is 404. The highest BCUT2D eigenvalue weighted by Gasteiger charge is 2.45. The zero-order chi connectivity index (χ0) is 14.6. The van der Waals surface area contributed by atoms with Crippen molar-refractivity contribution in [1.82, 2.24) is 5.32 Å². The summed E-state index contributed by atoms with van der Waals surface area (Å²) in [5.74, 6) is 2.65. The lowest BCUT2D eigenvalue weighted by Crippen LogP contribution is -2.50. The molecule has 20 heavy (non-hydrogen) atoms. The Morgan fingerprint density at radius 2 is 1.85 bits per heavy atom. The van der Waals surface area contributed by atoms with Crippen LogP contribution in [0.15, 0.2) is 24.3 Å². The first-order chi connectivity index (χ1) is 9.61. The summed E-state index contributed by atoms with van der Waals surface area (Å²) in [5, 5.41) is 3.56. The third-order valence-electron chi connectivity index (χ3n) is 4.74. The third-order valence-corrected chi connectivity index (χ3v) is 4.74. The van der Waals surface area contributed by atoms with E-state index in [4.69, 9.17) is 4.74 Å². The summed E-state index contributed by atoms with van der Waals surface area (Å²) in [6.07, 6.45) is 2.62. The van der Waals surface area contributed by atoms with Crippen molar-refractivity contribution < 1.29 is 4.74 Å². The van der Waals surface area contributed by atoms with Gasteiger partial charge in [-0.3, -0.25) is 0 Å². The van der Waals surface area contributed by atoms with Gasteiger partial charge in [-0.2, -0.15) is 0 Å². The molecule has 0 radical (unpaired) electrons. The Morgan fingerprint density at radius 3 is 2.35 bits per heavy atom. The molecule has 0 unspecified atom stereocenters. The fourth-order valence-electron chi connectivity index (χ4n) is 3.33. The van der Waals surface area contributed by atoms with Gasteiger partial charge in [0.2, 0.25) is 0 Å². The van der Waals surface area contributed by atoms with E-state index < -0.39 is 0 Å². The SMILES string of the molecule is CCNCC1(c2ccc(OCC)cc2)CC(C(C)C)C1. The van der Waals surface area contributed by atoms with E-state index in [9.17, 15) is 0 Å². The Hall–Kier alpha value is -1.02. The maximum atomic E-state index is 5.55. The first-order valence-corrected chi connectivity index (χ1v) is 8.05. The number of nitrogens with one attached hydrogen (secondary N) is 1. The molecule has 0 heterocycles. The van der Waals surface area contributed by atoms with E-state index in [-0.39, 0.29) is 0 Å². The molecule has 1 aromatic rings. The van der Waals surface area contributed by atoms with Gasteiger partial charge in [-0.15, -0.1) is 0 Å². The molecule has 2 heteroatoms. The van der Waals surface area contributed by atoms with Gasteiger partial charge in [0, 0.05) is 12.0 Å². The Labute approximate surface area is 123 Å². The summed E-state index contributed by atoms with van der Waals surface area (Å²) in [7, 11) is 0. The molecule has 1 aromatic carbocycles. The van der Waals surface area contributed by atoms with Crippen molar-refractivity contribution >= 4 is 0 Å². The number of hydrogen-bond donors (Lipinski definition) is 1. The Kier molecular flexibility index (Phi) is 5.09. The molecule has 0 saturated heterocycles. The highest BCUT2D eigenvalue weighted by atomic mass is 16.5. The van der Waals surface area contributed by atoms with Gasteiger partial charge in [0.1, 0.15) is 5.75 Å². The minimum Gasteiger partial charge on any atom is -0.494 e. The first-order valence-electron chi connectivity index (χ1n) is 8.05. The second-order valence-electron chi connectivity index (χ2n) is 6.43. The maximum absolute atomic E-state index is 5.55. The minimum atomic E-state index is 0.343. The van der Waals surface area contributed by atoms with Crippen molar-refractivity contribution in [3.8, 4) is 5.75 Å². The molecular formula is C18H29NO. The van der Waals surface area contributed by atoms with Crippen molar-refractivity contribution in [2.75, 3.05) is 19.7 Å². The van der Waals surface area contributed by atoms with Crippen molar-refractivity contribution in [2.24, 2.45) is 11.8 Å². The van der Waals surface area contributed by atoms with Crippen molar-refractivity contribution in [2.45, 2.75) is 46.0 Å². The lowest BCUT2D eigenvalue weighted by molar-refractivity contribution is 0.0982. The maximum Gasteiger partial charge on any atom is 0.119 e.